The number of amides is 1. The van der Waals surface area contributed by atoms with Crippen molar-refractivity contribution in [3.05, 3.63) is 95.1 Å². The van der Waals surface area contributed by atoms with Crippen LogP contribution in [0, 0.1) is 6.92 Å². The first-order chi connectivity index (χ1) is 17.2. The zero-order valence-electron chi connectivity index (χ0n) is 21.5. The van der Waals surface area contributed by atoms with Crippen LogP contribution in [0.5, 0.6) is 11.5 Å². The Morgan fingerprint density at radius 2 is 1.97 bits per heavy atom. The van der Waals surface area contributed by atoms with Crippen LogP contribution in [0.3, 0.4) is 0 Å². The minimum Gasteiger partial charge on any atom is -0.496 e. The molecule has 184 valence electrons. The Labute approximate surface area is 212 Å². The van der Waals surface area contributed by atoms with Crippen LogP contribution < -0.4 is 20.1 Å². The number of rotatable bonds is 5. The molecule has 0 saturated heterocycles. The Morgan fingerprint density at radius 1 is 1.17 bits per heavy atom. The predicted octanol–water partition coefficient (Wildman–Crippen LogP) is 6.68. The highest BCUT2D eigenvalue weighted by atomic mass is 16.5. The van der Waals surface area contributed by atoms with Crippen molar-refractivity contribution in [2.75, 3.05) is 19.0 Å². The topological polar surface area (TPSA) is 59.6 Å². The van der Waals surface area contributed by atoms with Gasteiger partial charge in [-0.25, -0.2) is 0 Å². The summed E-state index contributed by atoms with van der Waals surface area (Å²) >= 11 is 0. The van der Waals surface area contributed by atoms with Crippen molar-refractivity contribution in [2.45, 2.75) is 39.3 Å². The second-order valence-corrected chi connectivity index (χ2v) is 10.1. The van der Waals surface area contributed by atoms with E-state index in [9.17, 15) is 4.79 Å². The van der Waals surface area contributed by atoms with Crippen molar-refractivity contribution in [2.24, 2.45) is 0 Å². The molecule has 2 aliphatic rings. The van der Waals surface area contributed by atoms with Gasteiger partial charge >= 0.3 is 0 Å². The first-order valence-electron chi connectivity index (χ1n) is 12.2. The van der Waals surface area contributed by atoms with E-state index in [4.69, 9.17) is 9.47 Å². The Kier molecular flexibility index (Phi) is 5.87. The van der Waals surface area contributed by atoms with Gasteiger partial charge in [-0.1, -0.05) is 30.4 Å². The zero-order chi connectivity index (χ0) is 25.6. The van der Waals surface area contributed by atoms with Gasteiger partial charge in [-0.15, -0.1) is 6.58 Å². The lowest BCUT2D eigenvalue weighted by atomic mass is 9.80. The number of hydrogen-bond acceptors (Lipinski definition) is 4. The fraction of sp³-hybridized carbons (Fsp3) is 0.258. The normalized spacial score (nSPS) is 16.8. The van der Waals surface area contributed by atoms with Gasteiger partial charge in [0.2, 0.25) is 0 Å². The molecule has 2 N–H and O–H groups in total. The second kappa shape index (κ2) is 8.90. The molecule has 2 heterocycles. The molecule has 0 aliphatic carbocycles. The van der Waals surface area contributed by atoms with E-state index >= 15 is 0 Å². The number of carbonyl (C=O) groups is 1. The maximum atomic E-state index is 12.8. The number of nitrogens with one attached hydrogen (secondary N) is 2. The van der Waals surface area contributed by atoms with E-state index in [-0.39, 0.29) is 11.4 Å². The summed E-state index contributed by atoms with van der Waals surface area (Å²) in [6.45, 7) is 12.6. The lowest BCUT2D eigenvalue weighted by molar-refractivity contribution is 0.0957. The quantitative estimate of drug-likeness (QED) is 0.400. The molecular weight excluding hydrogens is 448 g/mol. The van der Waals surface area contributed by atoms with E-state index in [0.717, 1.165) is 50.6 Å². The van der Waals surface area contributed by atoms with Gasteiger partial charge in [-0.2, -0.15) is 0 Å². The standard InChI is InChI=1S/C31H32N2O3/c1-7-13-32-30(34)21-15-18(2)14-20(16-21)29-28-22(27-24(35-6)9-8-10-25(27)36-29)11-12-23-26(28)19(3)17-31(4,5)33-23/h7-12,14-17,29,33H,1,13H2,2-6H3,(H,32,34). The fourth-order valence-corrected chi connectivity index (χ4v) is 5.46. The largest absolute Gasteiger partial charge is 0.496 e. The summed E-state index contributed by atoms with van der Waals surface area (Å²) in [6, 6.07) is 16.1. The highest BCUT2D eigenvalue weighted by molar-refractivity contribution is 5.95. The van der Waals surface area contributed by atoms with Gasteiger partial charge in [-0.05, 0) is 80.3 Å². The molecule has 3 aromatic carbocycles. The molecule has 1 unspecified atom stereocenters. The Balaban J connectivity index is 1.75. The molecule has 2 aliphatic heterocycles. The Bertz CT molecular complexity index is 1420. The third-order valence-corrected chi connectivity index (χ3v) is 6.73. The summed E-state index contributed by atoms with van der Waals surface area (Å²) in [4.78, 5) is 12.8. The molecule has 0 aromatic heterocycles. The van der Waals surface area contributed by atoms with E-state index < -0.39 is 6.10 Å². The zero-order valence-corrected chi connectivity index (χ0v) is 21.5. The van der Waals surface area contributed by atoms with Gasteiger partial charge in [0.05, 0.1) is 18.2 Å². The van der Waals surface area contributed by atoms with Gasteiger partial charge in [-0.3, -0.25) is 4.79 Å². The highest BCUT2D eigenvalue weighted by Gasteiger charge is 2.36. The first kappa shape index (κ1) is 23.7. The van der Waals surface area contributed by atoms with Gasteiger partial charge in [0.25, 0.3) is 5.91 Å². The average Bonchev–Trinajstić information content (AvgIpc) is 2.84. The lowest BCUT2D eigenvalue weighted by Crippen LogP contribution is -2.32. The number of ether oxygens (including phenoxy) is 2. The molecular formula is C31H32N2O3. The summed E-state index contributed by atoms with van der Waals surface area (Å²) in [5, 5.41) is 6.56. The van der Waals surface area contributed by atoms with Crippen LogP contribution in [0.25, 0.3) is 16.7 Å². The van der Waals surface area contributed by atoms with Crippen LogP contribution in [0.15, 0.2) is 67.3 Å². The van der Waals surface area contributed by atoms with E-state index in [1.165, 1.54) is 5.57 Å². The third-order valence-electron chi connectivity index (χ3n) is 6.73. The highest BCUT2D eigenvalue weighted by Crippen LogP contribution is 2.53. The molecule has 0 saturated carbocycles. The molecule has 36 heavy (non-hydrogen) atoms. The number of methoxy groups -OCH3 is 1. The van der Waals surface area contributed by atoms with Gasteiger partial charge in [0.15, 0.2) is 6.10 Å². The molecule has 0 fully saturated rings. The number of allylic oxidation sites excluding steroid dienone is 1. The van der Waals surface area contributed by atoms with E-state index in [1.807, 2.05) is 37.3 Å². The molecule has 5 rings (SSSR count). The molecule has 3 aromatic rings. The Morgan fingerprint density at radius 3 is 2.72 bits per heavy atom. The monoisotopic (exact) mass is 480 g/mol. The molecule has 1 amide bonds. The first-order valence-corrected chi connectivity index (χ1v) is 12.2. The molecule has 5 nitrogen and oxygen atoms in total. The van der Waals surface area contributed by atoms with Crippen LogP contribution in [-0.4, -0.2) is 25.1 Å². The maximum Gasteiger partial charge on any atom is 0.251 e. The van der Waals surface area contributed by atoms with Crippen LogP contribution in [0.1, 0.15) is 59.5 Å². The molecule has 0 radical (unpaired) electrons. The fourth-order valence-electron chi connectivity index (χ4n) is 5.46. The summed E-state index contributed by atoms with van der Waals surface area (Å²) in [5.74, 6) is 1.40. The second-order valence-electron chi connectivity index (χ2n) is 10.1. The smallest absolute Gasteiger partial charge is 0.251 e. The van der Waals surface area contributed by atoms with Crippen molar-refractivity contribution in [1.82, 2.24) is 5.32 Å². The minimum absolute atomic E-state index is 0.132. The number of carbonyl (C=O) groups excluding carboxylic acids is 1. The van der Waals surface area contributed by atoms with Gasteiger partial charge in [0, 0.05) is 28.9 Å². The third kappa shape index (κ3) is 4.05. The van der Waals surface area contributed by atoms with Crippen LogP contribution in [0.4, 0.5) is 5.69 Å². The number of hydrogen-bond donors (Lipinski definition) is 2. The van der Waals surface area contributed by atoms with E-state index in [0.29, 0.717) is 12.1 Å². The van der Waals surface area contributed by atoms with Gasteiger partial charge in [0.1, 0.15) is 11.5 Å². The van der Waals surface area contributed by atoms with Crippen LogP contribution >= 0.6 is 0 Å². The van der Waals surface area contributed by atoms with Crippen LogP contribution in [-0.2, 0) is 0 Å². The SMILES string of the molecule is C=CCNC(=O)c1cc(C)cc(C2Oc3cccc(OC)c3-c3ccc4c(c32)C(C)=CC(C)(C)N4)c1. The van der Waals surface area contributed by atoms with Crippen molar-refractivity contribution in [1.29, 1.82) is 0 Å². The van der Waals surface area contributed by atoms with Crippen LogP contribution in [0.2, 0.25) is 0 Å². The average molecular weight is 481 g/mol. The van der Waals surface area contributed by atoms with E-state index in [2.05, 4.69) is 62.3 Å². The van der Waals surface area contributed by atoms with Gasteiger partial charge < -0.3 is 20.1 Å². The van der Waals surface area contributed by atoms with Crippen molar-refractivity contribution >= 4 is 17.2 Å². The predicted molar refractivity (Wildman–Crippen MR) is 146 cm³/mol. The number of anilines is 1. The number of benzene rings is 3. The molecule has 0 bridgehead atoms. The number of fused-ring (bicyclic) bond motifs is 5. The summed E-state index contributed by atoms with van der Waals surface area (Å²) in [6.07, 6.45) is 3.54. The molecule has 1 atom stereocenters. The van der Waals surface area contributed by atoms with E-state index in [1.54, 1.807) is 13.2 Å². The van der Waals surface area contributed by atoms with Crippen molar-refractivity contribution in [3.8, 4) is 22.6 Å². The van der Waals surface area contributed by atoms with Crippen molar-refractivity contribution < 1.29 is 14.3 Å². The minimum atomic E-state index is -0.397. The van der Waals surface area contributed by atoms with Crippen molar-refractivity contribution in [3.63, 3.8) is 0 Å². The molecule has 0 spiro atoms. The maximum absolute atomic E-state index is 12.8. The summed E-state index contributed by atoms with van der Waals surface area (Å²) < 4.78 is 12.5. The molecule has 5 heteroatoms. The summed E-state index contributed by atoms with van der Waals surface area (Å²) in [7, 11) is 1.68. The lowest BCUT2D eigenvalue weighted by Gasteiger charge is -2.37. The number of aryl methyl sites for hydroxylation is 1. The summed E-state index contributed by atoms with van der Waals surface area (Å²) in [5.41, 5.74) is 8.85. The Hall–Kier alpha value is -3.99.